The summed E-state index contributed by atoms with van der Waals surface area (Å²) >= 11 is 0. The largest absolute Gasteiger partial charge is 0.377 e. The van der Waals surface area contributed by atoms with Crippen molar-refractivity contribution in [3.63, 3.8) is 0 Å². The average molecular weight is 396 g/mol. The van der Waals surface area contributed by atoms with E-state index in [0.717, 1.165) is 35.5 Å². The van der Waals surface area contributed by atoms with Crippen molar-refractivity contribution in [1.29, 1.82) is 0 Å². The summed E-state index contributed by atoms with van der Waals surface area (Å²) in [7, 11) is 2.09. The van der Waals surface area contributed by atoms with E-state index in [1.165, 1.54) is 11.1 Å². The first-order valence-electron chi connectivity index (χ1n) is 10.2. The molecule has 1 aromatic carbocycles. The highest BCUT2D eigenvalue weighted by Gasteiger charge is 2.20. The Bertz CT molecular complexity index is 1180. The van der Waals surface area contributed by atoms with E-state index in [1.807, 2.05) is 23.0 Å². The molecule has 150 valence electrons. The molecule has 0 saturated heterocycles. The fourth-order valence-corrected chi connectivity index (χ4v) is 3.82. The fourth-order valence-electron chi connectivity index (χ4n) is 3.82. The number of hydrogen-bond donors (Lipinski definition) is 1. The van der Waals surface area contributed by atoms with E-state index in [1.54, 1.807) is 0 Å². The highest BCUT2D eigenvalue weighted by Crippen LogP contribution is 2.20. The van der Waals surface area contributed by atoms with Crippen molar-refractivity contribution in [2.45, 2.75) is 18.9 Å². The third-order valence-electron chi connectivity index (χ3n) is 5.40. The monoisotopic (exact) mass is 396 g/mol. The van der Waals surface area contributed by atoms with Gasteiger partial charge in [0.2, 0.25) is 0 Å². The van der Waals surface area contributed by atoms with Crippen LogP contribution in [0, 0.1) is 0 Å². The van der Waals surface area contributed by atoms with Crippen molar-refractivity contribution < 1.29 is 0 Å². The van der Waals surface area contributed by atoms with Crippen LogP contribution in [-0.2, 0) is 6.42 Å². The predicted molar refractivity (Wildman–Crippen MR) is 120 cm³/mol. The molecule has 0 bridgehead atoms. The van der Waals surface area contributed by atoms with E-state index < -0.39 is 0 Å². The van der Waals surface area contributed by atoms with Gasteiger partial charge in [-0.25, -0.2) is 4.68 Å². The number of hydrogen-bond acceptors (Lipinski definition) is 5. The number of nitrogens with zero attached hydrogens (tertiary/aromatic N) is 5. The number of likely N-dealkylation sites (N-methyl/N-ethyl adjacent to an activating group) is 1. The van der Waals surface area contributed by atoms with Gasteiger partial charge >= 0.3 is 0 Å². The Kier molecular flexibility index (Phi) is 4.89. The summed E-state index contributed by atoms with van der Waals surface area (Å²) in [6.45, 7) is 0.893. The van der Waals surface area contributed by atoms with Gasteiger partial charge in [-0.05, 0) is 48.0 Å². The Morgan fingerprint density at radius 3 is 3.07 bits per heavy atom. The van der Waals surface area contributed by atoms with Gasteiger partial charge < -0.3 is 10.3 Å². The van der Waals surface area contributed by atoms with E-state index in [4.69, 9.17) is 0 Å². The molecular weight excluding hydrogens is 372 g/mol. The van der Waals surface area contributed by atoms with Crippen LogP contribution in [-0.4, -0.2) is 44.4 Å². The van der Waals surface area contributed by atoms with E-state index in [2.05, 4.69) is 93.4 Å². The molecule has 5 rings (SSSR count). The minimum Gasteiger partial charge on any atom is -0.377 e. The molecule has 1 atom stereocenters. The molecule has 6 heteroatoms. The summed E-state index contributed by atoms with van der Waals surface area (Å²) in [6, 6.07) is 10.5. The molecule has 0 amide bonds. The number of aromatic nitrogens is 4. The first-order valence-corrected chi connectivity index (χ1v) is 10.2. The van der Waals surface area contributed by atoms with Gasteiger partial charge in [-0.15, -0.1) is 10.2 Å². The van der Waals surface area contributed by atoms with Crippen molar-refractivity contribution in [2.75, 3.05) is 19.0 Å². The summed E-state index contributed by atoms with van der Waals surface area (Å²) in [5, 5.41) is 9.93. The second-order valence-corrected chi connectivity index (χ2v) is 7.65. The molecule has 30 heavy (non-hydrogen) atoms. The molecular formula is C24H24N6. The first kappa shape index (κ1) is 18.4. The molecule has 2 aromatic heterocycles. The zero-order valence-electron chi connectivity index (χ0n) is 16.9. The number of benzene rings is 1. The van der Waals surface area contributed by atoms with Crippen LogP contribution in [0.5, 0.6) is 0 Å². The van der Waals surface area contributed by atoms with E-state index in [9.17, 15) is 0 Å². The Labute approximate surface area is 175 Å². The summed E-state index contributed by atoms with van der Waals surface area (Å²) in [4.78, 5) is 6.57. The molecule has 2 aliphatic rings. The molecule has 4 heterocycles. The van der Waals surface area contributed by atoms with Gasteiger partial charge in [-0.2, -0.15) is 0 Å². The standard InChI is InChI=1S/C24H24N6/c1-29-14-3-2-6-19(8-5-15-29)22-11-12-23-26-27-24(30(23)28-22)17-18-9-10-21-20(16-18)7-4-13-25-21/h3-14,16,22,28H,2,15,17H2,1H3/b8-5-,14-3-,19-6+. The molecule has 2 aliphatic heterocycles. The van der Waals surface area contributed by atoms with Crippen molar-refractivity contribution in [1.82, 2.24) is 24.8 Å². The summed E-state index contributed by atoms with van der Waals surface area (Å²) in [5.41, 5.74) is 7.02. The molecule has 0 aliphatic carbocycles. The Balaban J connectivity index is 1.39. The minimum absolute atomic E-state index is 0.0844. The maximum Gasteiger partial charge on any atom is 0.175 e. The Hall–Kier alpha value is -3.67. The van der Waals surface area contributed by atoms with Gasteiger partial charge in [0.25, 0.3) is 0 Å². The third kappa shape index (κ3) is 3.76. The number of rotatable bonds is 3. The second-order valence-electron chi connectivity index (χ2n) is 7.65. The molecule has 6 nitrogen and oxygen atoms in total. The highest BCUT2D eigenvalue weighted by molar-refractivity contribution is 5.79. The van der Waals surface area contributed by atoms with E-state index in [-0.39, 0.29) is 6.04 Å². The van der Waals surface area contributed by atoms with Crippen molar-refractivity contribution in [3.8, 4) is 0 Å². The van der Waals surface area contributed by atoms with Crippen LogP contribution in [0.3, 0.4) is 0 Å². The van der Waals surface area contributed by atoms with Crippen LogP contribution in [0.4, 0.5) is 0 Å². The fraction of sp³-hybridized carbons (Fsp3) is 0.208. The van der Waals surface area contributed by atoms with E-state index >= 15 is 0 Å². The predicted octanol–water partition coefficient (Wildman–Crippen LogP) is 3.69. The lowest BCUT2D eigenvalue weighted by atomic mass is 10.0. The highest BCUT2D eigenvalue weighted by atomic mass is 15.5. The van der Waals surface area contributed by atoms with Gasteiger partial charge in [0.1, 0.15) is 0 Å². The average Bonchev–Trinajstić information content (AvgIpc) is 3.20. The minimum atomic E-state index is 0.0844. The van der Waals surface area contributed by atoms with Crippen LogP contribution in [0.2, 0.25) is 0 Å². The van der Waals surface area contributed by atoms with Gasteiger partial charge in [0.15, 0.2) is 11.6 Å². The van der Waals surface area contributed by atoms with Gasteiger partial charge in [0.05, 0.1) is 11.6 Å². The summed E-state index contributed by atoms with van der Waals surface area (Å²) < 4.78 is 2.02. The lowest BCUT2D eigenvalue weighted by molar-refractivity contribution is 0.508. The molecule has 0 fully saturated rings. The summed E-state index contributed by atoms with van der Waals surface area (Å²) in [6.07, 6.45) is 18.6. The Morgan fingerprint density at radius 1 is 1.13 bits per heavy atom. The number of allylic oxidation sites excluding steroid dienone is 2. The quantitative estimate of drug-likeness (QED) is 0.732. The molecule has 0 saturated carbocycles. The molecule has 1 unspecified atom stereocenters. The zero-order chi connectivity index (χ0) is 20.3. The van der Waals surface area contributed by atoms with Gasteiger partial charge in [0, 0.05) is 31.6 Å². The van der Waals surface area contributed by atoms with Crippen molar-refractivity contribution in [3.05, 3.63) is 95.9 Å². The van der Waals surface area contributed by atoms with Crippen LogP contribution < -0.4 is 5.43 Å². The van der Waals surface area contributed by atoms with Crippen LogP contribution in [0.1, 0.15) is 23.6 Å². The molecule has 0 radical (unpaired) electrons. The molecule has 1 N–H and O–H groups in total. The van der Waals surface area contributed by atoms with Crippen LogP contribution >= 0.6 is 0 Å². The number of fused-ring (bicyclic) bond motifs is 2. The van der Waals surface area contributed by atoms with Crippen LogP contribution in [0.15, 0.2) is 78.7 Å². The number of pyridine rings is 1. The summed E-state index contributed by atoms with van der Waals surface area (Å²) in [5.74, 6) is 1.73. The van der Waals surface area contributed by atoms with Gasteiger partial charge in [-0.1, -0.05) is 42.5 Å². The zero-order valence-corrected chi connectivity index (χ0v) is 16.9. The van der Waals surface area contributed by atoms with E-state index in [0.29, 0.717) is 6.42 Å². The van der Waals surface area contributed by atoms with Crippen molar-refractivity contribution in [2.24, 2.45) is 0 Å². The topological polar surface area (TPSA) is 58.9 Å². The van der Waals surface area contributed by atoms with Crippen molar-refractivity contribution >= 4 is 17.0 Å². The molecule has 0 spiro atoms. The van der Waals surface area contributed by atoms with Gasteiger partial charge in [-0.3, -0.25) is 4.98 Å². The maximum atomic E-state index is 4.44. The number of nitrogens with one attached hydrogen (secondary N) is 1. The van der Waals surface area contributed by atoms with Crippen LogP contribution in [0.25, 0.3) is 17.0 Å². The smallest absolute Gasteiger partial charge is 0.175 e. The third-order valence-corrected chi connectivity index (χ3v) is 5.40. The SMILES string of the molecule is CN1/C=C\C/C=C(C2C=Cc3nnc(Cc4ccc5ncccc5c4)n3N2)\C=C/C1. The first-order chi connectivity index (χ1) is 14.8. The maximum absolute atomic E-state index is 4.44. The lowest BCUT2D eigenvalue weighted by Gasteiger charge is -2.24. The normalized spacial score (nSPS) is 22.2. The Morgan fingerprint density at radius 2 is 2.10 bits per heavy atom. The second kappa shape index (κ2) is 7.99. The lowest BCUT2D eigenvalue weighted by Crippen LogP contribution is -2.32. The molecule has 3 aromatic rings.